The van der Waals surface area contributed by atoms with E-state index in [1.165, 1.54) is 11.2 Å². The first-order valence-electron chi connectivity index (χ1n) is 7.94. The third kappa shape index (κ3) is 4.24. The number of nitrogens with zero attached hydrogens (tertiary/aromatic N) is 2. The van der Waals surface area contributed by atoms with Gasteiger partial charge in [-0.15, -0.1) is 0 Å². The molecule has 0 aliphatic carbocycles. The molecule has 0 aromatic carbocycles. The predicted octanol–water partition coefficient (Wildman–Crippen LogP) is 3.14. The number of likely N-dealkylation sites (tertiary alicyclic amines) is 1. The van der Waals surface area contributed by atoms with Gasteiger partial charge < -0.3 is 14.6 Å². The summed E-state index contributed by atoms with van der Waals surface area (Å²) < 4.78 is 10.3. The normalized spacial score (nSPS) is 18.3. The van der Waals surface area contributed by atoms with Crippen molar-refractivity contribution in [2.45, 2.75) is 65.0 Å². The van der Waals surface area contributed by atoms with Gasteiger partial charge in [0.1, 0.15) is 29.3 Å². The van der Waals surface area contributed by atoms with Crippen LogP contribution in [0.4, 0.5) is 10.5 Å². The van der Waals surface area contributed by atoms with E-state index in [0.29, 0.717) is 24.3 Å². The van der Waals surface area contributed by atoms with Crippen molar-refractivity contribution >= 4 is 17.7 Å². The first-order valence-corrected chi connectivity index (χ1v) is 7.94. The van der Waals surface area contributed by atoms with E-state index in [9.17, 15) is 9.59 Å². The largest absolute Gasteiger partial charge is 0.444 e. The number of carbonyl (C=O) groups excluding carboxylic acids is 2. The molecule has 2 rings (SSSR count). The summed E-state index contributed by atoms with van der Waals surface area (Å²) in [6.07, 6.45) is 2.36. The fourth-order valence-corrected chi connectivity index (χ4v) is 2.55. The summed E-state index contributed by atoms with van der Waals surface area (Å²) in [5.74, 6) is -0.104. The van der Waals surface area contributed by atoms with Gasteiger partial charge in [-0.2, -0.15) is 0 Å². The molecule has 2 heterocycles. The minimum absolute atomic E-state index is 0.134. The molecule has 1 atom stereocenters. The number of nitrogens with one attached hydrogen (secondary N) is 1. The Hall–Kier alpha value is -2.05. The highest BCUT2D eigenvalue weighted by Gasteiger charge is 2.37. The van der Waals surface area contributed by atoms with Crippen LogP contribution in [0.3, 0.4) is 0 Å². The highest BCUT2D eigenvalue weighted by Crippen LogP contribution is 2.25. The summed E-state index contributed by atoms with van der Waals surface area (Å²) in [5, 5.41) is 6.72. The summed E-state index contributed by atoms with van der Waals surface area (Å²) in [6.45, 7) is 9.88. The van der Waals surface area contributed by atoms with E-state index < -0.39 is 17.7 Å². The standard InChI is InChI=1S/C16H25N3O4/c1-10(2)13-11(9-22-18-13)17-14(20)12-7-6-8-19(12)15(21)23-16(3,4)5/h9-10,12H,6-8H2,1-5H3,(H,17,20)/t12-/m0/s1. The van der Waals surface area contributed by atoms with Crippen LogP contribution in [0.1, 0.15) is 59.1 Å². The zero-order chi connectivity index (χ0) is 17.2. The molecule has 7 heteroatoms. The number of carbonyl (C=O) groups is 2. The van der Waals surface area contributed by atoms with Gasteiger partial charge in [0.15, 0.2) is 0 Å². The number of ether oxygens (including phenoxy) is 1. The highest BCUT2D eigenvalue weighted by molar-refractivity contribution is 5.97. The summed E-state index contributed by atoms with van der Waals surface area (Å²) >= 11 is 0. The van der Waals surface area contributed by atoms with Gasteiger partial charge in [-0.3, -0.25) is 9.69 Å². The molecular formula is C16H25N3O4. The number of rotatable bonds is 3. The third-order valence-electron chi connectivity index (χ3n) is 3.59. The van der Waals surface area contributed by atoms with Crippen LogP contribution < -0.4 is 5.32 Å². The molecule has 1 aromatic rings. The van der Waals surface area contributed by atoms with Gasteiger partial charge in [0.05, 0.1) is 0 Å². The van der Waals surface area contributed by atoms with Crippen LogP contribution in [-0.4, -0.2) is 40.2 Å². The Balaban J connectivity index is 2.06. The molecule has 1 aliphatic heterocycles. The quantitative estimate of drug-likeness (QED) is 0.923. The smallest absolute Gasteiger partial charge is 0.410 e. The van der Waals surface area contributed by atoms with E-state index >= 15 is 0 Å². The maximum absolute atomic E-state index is 12.5. The number of aromatic nitrogens is 1. The van der Waals surface area contributed by atoms with Crippen molar-refractivity contribution in [3.63, 3.8) is 0 Å². The molecule has 7 nitrogen and oxygen atoms in total. The molecular weight excluding hydrogens is 298 g/mol. The molecule has 2 amide bonds. The van der Waals surface area contributed by atoms with Crippen molar-refractivity contribution in [3.05, 3.63) is 12.0 Å². The Kier molecular flexibility index (Phi) is 4.97. The topological polar surface area (TPSA) is 84.7 Å². The van der Waals surface area contributed by atoms with Crippen molar-refractivity contribution in [1.29, 1.82) is 0 Å². The molecule has 0 spiro atoms. The molecule has 0 saturated carbocycles. The van der Waals surface area contributed by atoms with Crippen molar-refractivity contribution in [3.8, 4) is 0 Å². The maximum atomic E-state index is 12.5. The Bertz CT molecular complexity index is 574. The third-order valence-corrected chi connectivity index (χ3v) is 3.59. The summed E-state index contributed by atoms with van der Waals surface area (Å²) in [7, 11) is 0. The van der Waals surface area contributed by atoms with Crippen molar-refractivity contribution < 1.29 is 18.8 Å². The lowest BCUT2D eigenvalue weighted by Gasteiger charge is -2.28. The summed E-state index contributed by atoms with van der Waals surface area (Å²) in [5.41, 5.74) is 0.668. The average Bonchev–Trinajstić information content (AvgIpc) is 3.04. The number of amides is 2. The van der Waals surface area contributed by atoms with E-state index in [2.05, 4.69) is 10.5 Å². The van der Waals surface area contributed by atoms with Crippen LogP contribution in [0.15, 0.2) is 10.8 Å². The van der Waals surface area contributed by atoms with Gasteiger partial charge in [0, 0.05) is 12.5 Å². The van der Waals surface area contributed by atoms with Gasteiger partial charge in [0.2, 0.25) is 5.91 Å². The Morgan fingerprint density at radius 2 is 2.13 bits per heavy atom. The van der Waals surface area contributed by atoms with E-state index in [1.807, 2.05) is 34.6 Å². The van der Waals surface area contributed by atoms with Crippen LogP contribution >= 0.6 is 0 Å². The molecule has 1 N–H and O–H groups in total. The molecule has 1 aliphatic rings. The molecule has 1 aromatic heterocycles. The van der Waals surface area contributed by atoms with Gasteiger partial charge in [-0.25, -0.2) is 4.79 Å². The van der Waals surface area contributed by atoms with Crippen LogP contribution in [0, 0.1) is 0 Å². The molecule has 0 radical (unpaired) electrons. The maximum Gasteiger partial charge on any atom is 0.410 e. The molecule has 1 saturated heterocycles. The van der Waals surface area contributed by atoms with Crippen LogP contribution in [0.25, 0.3) is 0 Å². The predicted molar refractivity (Wildman–Crippen MR) is 85.2 cm³/mol. The van der Waals surface area contributed by atoms with E-state index in [1.54, 1.807) is 0 Å². The zero-order valence-corrected chi connectivity index (χ0v) is 14.4. The lowest BCUT2D eigenvalue weighted by Crippen LogP contribution is -2.45. The van der Waals surface area contributed by atoms with Crippen molar-refractivity contribution in [1.82, 2.24) is 10.1 Å². The van der Waals surface area contributed by atoms with Crippen molar-refractivity contribution in [2.24, 2.45) is 0 Å². The average molecular weight is 323 g/mol. The van der Waals surface area contributed by atoms with E-state index in [4.69, 9.17) is 9.26 Å². The Morgan fingerprint density at radius 3 is 2.74 bits per heavy atom. The minimum Gasteiger partial charge on any atom is -0.444 e. The molecule has 0 unspecified atom stereocenters. The summed E-state index contributed by atoms with van der Waals surface area (Å²) in [4.78, 5) is 26.3. The van der Waals surface area contributed by atoms with E-state index in [0.717, 1.165) is 6.42 Å². The second kappa shape index (κ2) is 6.60. The minimum atomic E-state index is -0.583. The molecule has 1 fully saturated rings. The lowest BCUT2D eigenvalue weighted by molar-refractivity contribution is -0.120. The Morgan fingerprint density at radius 1 is 1.43 bits per heavy atom. The molecule has 128 valence electrons. The first-order chi connectivity index (χ1) is 10.7. The van der Waals surface area contributed by atoms with Gasteiger partial charge in [-0.05, 0) is 33.6 Å². The number of anilines is 1. The molecule has 23 heavy (non-hydrogen) atoms. The van der Waals surface area contributed by atoms with Crippen LogP contribution in [0.5, 0.6) is 0 Å². The fourth-order valence-electron chi connectivity index (χ4n) is 2.55. The second-order valence-electron chi connectivity index (χ2n) is 7.09. The van der Waals surface area contributed by atoms with E-state index in [-0.39, 0.29) is 11.8 Å². The first kappa shape index (κ1) is 17.3. The SMILES string of the molecule is CC(C)c1nocc1NC(=O)[C@@H]1CCCN1C(=O)OC(C)(C)C. The van der Waals surface area contributed by atoms with Gasteiger partial charge in [0.25, 0.3) is 0 Å². The fraction of sp³-hybridized carbons (Fsp3) is 0.688. The van der Waals surface area contributed by atoms with Crippen LogP contribution in [0.2, 0.25) is 0 Å². The number of hydrogen-bond acceptors (Lipinski definition) is 5. The second-order valence-corrected chi connectivity index (χ2v) is 7.09. The van der Waals surface area contributed by atoms with Gasteiger partial charge >= 0.3 is 6.09 Å². The van der Waals surface area contributed by atoms with Crippen molar-refractivity contribution in [2.75, 3.05) is 11.9 Å². The number of hydrogen-bond donors (Lipinski definition) is 1. The highest BCUT2D eigenvalue weighted by atomic mass is 16.6. The monoisotopic (exact) mass is 323 g/mol. The summed E-state index contributed by atoms with van der Waals surface area (Å²) in [6, 6.07) is -0.528. The lowest BCUT2D eigenvalue weighted by atomic mass is 10.1. The van der Waals surface area contributed by atoms with Gasteiger partial charge in [-0.1, -0.05) is 19.0 Å². The zero-order valence-electron chi connectivity index (χ0n) is 14.4. The van der Waals surface area contributed by atoms with Crippen LogP contribution in [-0.2, 0) is 9.53 Å². The molecule has 0 bridgehead atoms. The Labute approximate surface area is 136 Å².